The molecule has 2 aliphatic rings. The third kappa shape index (κ3) is 2.09. The van der Waals surface area contributed by atoms with Gasteiger partial charge in [0.1, 0.15) is 0 Å². The average molecular weight is 262 g/mol. The first-order valence-electron chi connectivity index (χ1n) is 6.60. The minimum Gasteiger partial charge on any atom is -0.399 e. The maximum atomic E-state index is 12.2. The van der Waals surface area contributed by atoms with Crippen molar-refractivity contribution in [3.63, 3.8) is 0 Å². The lowest BCUT2D eigenvalue weighted by Crippen LogP contribution is -2.44. The number of hydrogen-bond acceptors (Lipinski definition) is 3. The highest BCUT2D eigenvalue weighted by molar-refractivity contribution is 8.00. The Labute approximate surface area is 112 Å². The van der Waals surface area contributed by atoms with Crippen LogP contribution in [0, 0.1) is 0 Å². The molecule has 1 saturated carbocycles. The van der Waals surface area contributed by atoms with Crippen LogP contribution in [0.25, 0.3) is 0 Å². The van der Waals surface area contributed by atoms with Gasteiger partial charge in [0.05, 0.1) is 11.4 Å². The predicted molar refractivity (Wildman–Crippen MR) is 75.9 cm³/mol. The molecule has 0 aromatic heterocycles. The summed E-state index contributed by atoms with van der Waals surface area (Å²) in [7, 11) is 0. The van der Waals surface area contributed by atoms with Gasteiger partial charge in [-0.15, -0.1) is 11.8 Å². The molecule has 0 unspecified atom stereocenters. The first-order chi connectivity index (χ1) is 8.75. The van der Waals surface area contributed by atoms with Crippen molar-refractivity contribution in [3.05, 3.63) is 18.2 Å². The van der Waals surface area contributed by atoms with Gasteiger partial charge in [0.2, 0.25) is 5.91 Å². The number of nitrogen functional groups attached to an aromatic ring is 1. The second kappa shape index (κ2) is 4.84. The van der Waals surface area contributed by atoms with Crippen LogP contribution in [0.3, 0.4) is 0 Å². The van der Waals surface area contributed by atoms with E-state index in [0.29, 0.717) is 11.8 Å². The fourth-order valence-electron chi connectivity index (χ4n) is 2.93. The lowest BCUT2D eigenvalue weighted by molar-refractivity contribution is -0.116. The number of nitrogens with zero attached hydrogens (tertiary/aromatic N) is 1. The summed E-state index contributed by atoms with van der Waals surface area (Å²) in [6, 6.07) is 6.29. The number of nitrogens with two attached hydrogens (primary N) is 1. The van der Waals surface area contributed by atoms with Crippen LogP contribution in [0.4, 0.5) is 11.4 Å². The highest BCUT2D eigenvalue weighted by Crippen LogP contribution is 2.39. The quantitative estimate of drug-likeness (QED) is 0.791. The molecule has 0 radical (unpaired) electrons. The van der Waals surface area contributed by atoms with Crippen LogP contribution in [0.15, 0.2) is 23.1 Å². The molecular weight excluding hydrogens is 244 g/mol. The van der Waals surface area contributed by atoms with Gasteiger partial charge in [-0.1, -0.05) is 19.3 Å². The number of amides is 1. The van der Waals surface area contributed by atoms with Gasteiger partial charge in [-0.05, 0) is 31.0 Å². The fraction of sp³-hybridized carbons (Fsp3) is 0.500. The van der Waals surface area contributed by atoms with Gasteiger partial charge in [-0.3, -0.25) is 4.79 Å². The Bertz CT molecular complexity index is 469. The Kier molecular flexibility index (Phi) is 3.20. The van der Waals surface area contributed by atoms with E-state index in [1.165, 1.54) is 19.3 Å². The molecule has 1 aliphatic heterocycles. The van der Waals surface area contributed by atoms with Crippen molar-refractivity contribution in [2.24, 2.45) is 0 Å². The van der Waals surface area contributed by atoms with E-state index in [1.54, 1.807) is 11.8 Å². The minimum atomic E-state index is 0.254. The van der Waals surface area contributed by atoms with Gasteiger partial charge in [-0.25, -0.2) is 0 Å². The smallest absolute Gasteiger partial charge is 0.237 e. The monoisotopic (exact) mass is 262 g/mol. The Morgan fingerprint density at radius 2 is 2.00 bits per heavy atom. The molecular formula is C14H18N2OS. The van der Waals surface area contributed by atoms with E-state index in [2.05, 4.69) is 0 Å². The molecule has 1 fully saturated rings. The van der Waals surface area contributed by atoms with Gasteiger partial charge in [0, 0.05) is 16.6 Å². The Morgan fingerprint density at radius 3 is 2.78 bits per heavy atom. The fourth-order valence-corrected chi connectivity index (χ4v) is 3.88. The molecule has 0 spiro atoms. The highest BCUT2D eigenvalue weighted by atomic mass is 32.2. The maximum absolute atomic E-state index is 12.2. The summed E-state index contributed by atoms with van der Waals surface area (Å²) in [6.45, 7) is 0. The van der Waals surface area contributed by atoms with Crippen molar-refractivity contribution in [1.82, 2.24) is 0 Å². The number of hydrogen-bond donors (Lipinski definition) is 1. The summed E-state index contributed by atoms with van der Waals surface area (Å²) in [4.78, 5) is 15.4. The highest BCUT2D eigenvalue weighted by Gasteiger charge is 2.31. The molecule has 1 aliphatic carbocycles. The zero-order chi connectivity index (χ0) is 12.5. The Balaban J connectivity index is 1.95. The lowest BCUT2D eigenvalue weighted by atomic mass is 9.93. The Morgan fingerprint density at radius 1 is 1.22 bits per heavy atom. The molecule has 0 atom stereocenters. The first-order valence-corrected chi connectivity index (χ1v) is 7.58. The van der Waals surface area contributed by atoms with E-state index in [9.17, 15) is 4.79 Å². The molecule has 18 heavy (non-hydrogen) atoms. The van der Waals surface area contributed by atoms with Crippen LogP contribution in [-0.2, 0) is 4.79 Å². The number of carbonyl (C=O) groups excluding carboxylic acids is 1. The van der Waals surface area contributed by atoms with Crippen molar-refractivity contribution in [1.29, 1.82) is 0 Å². The molecule has 1 heterocycles. The standard InChI is InChI=1S/C14H18N2OS/c15-10-6-7-12-13(8-10)18-9-14(17)16(12)11-4-2-1-3-5-11/h6-8,11H,1-5,9,15H2. The van der Waals surface area contributed by atoms with E-state index < -0.39 is 0 Å². The number of carbonyl (C=O) groups is 1. The summed E-state index contributed by atoms with van der Waals surface area (Å²) in [5.41, 5.74) is 7.67. The van der Waals surface area contributed by atoms with Gasteiger partial charge in [0.25, 0.3) is 0 Å². The molecule has 1 aromatic rings. The number of anilines is 2. The zero-order valence-electron chi connectivity index (χ0n) is 10.4. The van der Waals surface area contributed by atoms with Crippen LogP contribution in [0.2, 0.25) is 0 Å². The van der Waals surface area contributed by atoms with E-state index in [0.717, 1.165) is 29.1 Å². The van der Waals surface area contributed by atoms with Crippen LogP contribution < -0.4 is 10.6 Å². The molecule has 0 bridgehead atoms. The minimum absolute atomic E-state index is 0.254. The molecule has 96 valence electrons. The summed E-state index contributed by atoms with van der Waals surface area (Å²) < 4.78 is 0. The van der Waals surface area contributed by atoms with Gasteiger partial charge < -0.3 is 10.6 Å². The Hall–Kier alpha value is -1.16. The molecule has 3 rings (SSSR count). The topological polar surface area (TPSA) is 46.3 Å². The van der Waals surface area contributed by atoms with Crippen LogP contribution in [0.1, 0.15) is 32.1 Å². The third-order valence-electron chi connectivity index (χ3n) is 3.80. The average Bonchev–Trinajstić information content (AvgIpc) is 2.40. The van der Waals surface area contributed by atoms with Gasteiger partial charge in [0.15, 0.2) is 0 Å². The normalized spacial score (nSPS) is 20.9. The summed E-state index contributed by atoms with van der Waals surface area (Å²) >= 11 is 1.61. The maximum Gasteiger partial charge on any atom is 0.237 e. The zero-order valence-corrected chi connectivity index (χ0v) is 11.2. The largest absolute Gasteiger partial charge is 0.399 e. The molecule has 2 N–H and O–H groups in total. The first kappa shape index (κ1) is 11.9. The number of benzene rings is 1. The summed E-state index contributed by atoms with van der Waals surface area (Å²) in [6.07, 6.45) is 6.07. The second-order valence-electron chi connectivity index (χ2n) is 5.07. The molecule has 0 saturated heterocycles. The van der Waals surface area contributed by atoms with E-state index >= 15 is 0 Å². The van der Waals surface area contributed by atoms with Crippen molar-refractivity contribution < 1.29 is 4.79 Å². The number of fused-ring (bicyclic) bond motifs is 1. The van der Waals surface area contributed by atoms with Crippen molar-refractivity contribution in [2.75, 3.05) is 16.4 Å². The van der Waals surface area contributed by atoms with Crippen LogP contribution in [0.5, 0.6) is 0 Å². The van der Waals surface area contributed by atoms with E-state index in [1.807, 2.05) is 23.1 Å². The second-order valence-corrected chi connectivity index (χ2v) is 6.09. The lowest BCUT2D eigenvalue weighted by Gasteiger charge is -2.37. The summed E-state index contributed by atoms with van der Waals surface area (Å²) in [5.74, 6) is 0.802. The van der Waals surface area contributed by atoms with Crippen LogP contribution in [-0.4, -0.2) is 17.7 Å². The number of thioether (sulfide) groups is 1. The predicted octanol–water partition coefficient (Wildman–Crippen LogP) is 3.04. The van der Waals surface area contributed by atoms with Crippen LogP contribution >= 0.6 is 11.8 Å². The molecule has 3 nitrogen and oxygen atoms in total. The van der Waals surface area contributed by atoms with Crippen molar-refractivity contribution in [3.8, 4) is 0 Å². The molecule has 1 amide bonds. The molecule has 4 heteroatoms. The number of rotatable bonds is 1. The van der Waals surface area contributed by atoms with E-state index in [-0.39, 0.29) is 5.91 Å². The van der Waals surface area contributed by atoms with E-state index in [4.69, 9.17) is 5.73 Å². The van der Waals surface area contributed by atoms with Crippen molar-refractivity contribution >= 4 is 29.0 Å². The third-order valence-corrected chi connectivity index (χ3v) is 4.83. The summed E-state index contributed by atoms with van der Waals surface area (Å²) in [5, 5.41) is 0. The van der Waals surface area contributed by atoms with Crippen molar-refractivity contribution in [2.45, 2.75) is 43.0 Å². The molecule has 1 aromatic carbocycles. The SMILES string of the molecule is Nc1ccc2c(c1)SCC(=O)N2C1CCCCC1. The van der Waals surface area contributed by atoms with Gasteiger partial charge in [-0.2, -0.15) is 0 Å². The van der Waals surface area contributed by atoms with Gasteiger partial charge >= 0.3 is 0 Å².